The molecule has 0 spiro atoms. The van der Waals surface area contributed by atoms with Crippen molar-refractivity contribution < 1.29 is 23.0 Å². The highest BCUT2D eigenvalue weighted by atomic mass is 32.1. The number of nitrogens with one attached hydrogen (secondary N) is 2. The number of rotatable bonds is 8. The van der Waals surface area contributed by atoms with Crippen molar-refractivity contribution in [2.24, 2.45) is 5.41 Å². The zero-order valence-electron chi connectivity index (χ0n) is 15.1. The van der Waals surface area contributed by atoms with Gasteiger partial charge in [-0.2, -0.15) is 8.78 Å². The molecule has 2 aromatic heterocycles. The minimum Gasteiger partial charge on any atom is -0.483 e. The van der Waals surface area contributed by atoms with Crippen molar-refractivity contribution in [1.82, 2.24) is 15.3 Å². The highest BCUT2D eigenvalue weighted by molar-refractivity contribution is 7.07. The van der Waals surface area contributed by atoms with Gasteiger partial charge in [-0.05, 0) is 25.0 Å². The topological polar surface area (TPSA) is 76.2 Å². The molecule has 0 unspecified atom stereocenters. The van der Waals surface area contributed by atoms with Crippen LogP contribution in [0.5, 0.6) is 11.5 Å². The summed E-state index contributed by atoms with van der Waals surface area (Å²) in [5.74, 6) is 0.182. The van der Waals surface area contributed by atoms with Gasteiger partial charge in [-0.15, -0.1) is 11.3 Å². The molecule has 0 atom stereocenters. The third-order valence-electron chi connectivity index (χ3n) is 4.80. The van der Waals surface area contributed by atoms with Gasteiger partial charge in [0.1, 0.15) is 6.61 Å². The highest BCUT2D eigenvalue weighted by Gasteiger charge is 2.44. The zero-order chi connectivity index (χ0) is 19.7. The first-order valence-electron chi connectivity index (χ1n) is 8.81. The van der Waals surface area contributed by atoms with Crippen LogP contribution in [0.2, 0.25) is 0 Å². The van der Waals surface area contributed by atoms with E-state index in [1.54, 1.807) is 17.6 Å². The first kappa shape index (κ1) is 18.7. The third-order valence-corrected chi connectivity index (χ3v) is 5.44. The van der Waals surface area contributed by atoms with Crippen molar-refractivity contribution in [2.75, 3.05) is 0 Å². The minimum atomic E-state index is -2.96. The van der Waals surface area contributed by atoms with Crippen molar-refractivity contribution in [1.29, 1.82) is 0 Å². The van der Waals surface area contributed by atoms with Crippen LogP contribution in [0.4, 0.5) is 8.78 Å². The van der Waals surface area contributed by atoms with E-state index in [0.29, 0.717) is 23.1 Å². The third kappa shape index (κ3) is 4.09. The summed E-state index contributed by atoms with van der Waals surface area (Å²) in [5.41, 5.74) is 3.60. The van der Waals surface area contributed by atoms with Gasteiger partial charge >= 0.3 is 6.61 Å². The number of ether oxygens (including phenoxy) is 2. The van der Waals surface area contributed by atoms with E-state index in [2.05, 4.69) is 20.0 Å². The lowest BCUT2D eigenvalue weighted by Crippen LogP contribution is -2.29. The summed E-state index contributed by atoms with van der Waals surface area (Å²) in [6.07, 6.45) is 1.80. The number of nitrogens with zero attached hydrogens (tertiary/aromatic N) is 1. The van der Waals surface area contributed by atoms with Gasteiger partial charge in [0.05, 0.1) is 17.7 Å². The Morgan fingerprint density at radius 2 is 2.18 bits per heavy atom. The van der Waals surface area contributed by atoms with Crippen LogP contribution in [0.25, 0.3) is 10.9 Å². The Labute approximate surface area is 163 Å². The monoisotopic (exact) mass is 407 g/mol. The molecule has 1 aliphatic rings. The second-order valence-electron chi connectivity index (χ2n) is 7.07. The Hall–Kier alpha value is -2.68. The SMILES string of the molecule is CC1(C(=O)NCc2cc3cc(OC(F)F)c(OCc4cscn4)cc3[nH]2)CC1. The number of hydrogen-bond donors (Lipinski definition) is 2. The molecule has 1 fully saturated rings. The van der Waals surface area contributed by atoms with E-state index in [1.165, 1.54) is 17.4 Å². The number of amides is 1. The van der Waals surface area contributed by atoms with Crippen LogP contribution < -0.4 is 14.8 Å². The quantitative estimate of drug-likeness (QED) is 0.586. The van der Waals surface area contributed by atoms with Crippen molar-refractivity contribution in [3.63, 3.8) is 0 Å². The van der Waals surface area contributed by atoms with Gasteiger partial charge in [-0.3, -0.25) is 4.79 Å². The first-order chi connectivity index (χ1) is 13.4. The highest BCUT2D eigenvalue weighted by Crippen LogP contribution is 2.45. The average Bonchev–Trinajstić information content (AvgIpc) is 3.07. The lowest BCUT2D eigenvalue weighted by Gasteiger charge is -2.12. The van der Waals surface area contributed by atoms with Gasteiger partial charge in [0, 0.05) is 33.5 Å². The van der Waals surface area contributed by atoms with Gasteiger partial charge in [0.2, 0.25) is 5.91 Å². The molecule has 2 N–H and O–H groups in total. The van der Waals surface area contributed by atoms with E-state index < -0.39 is 6.61 Å². The van der Waals surface area contributed by atoms with Crippen LogP contribution >= 0.6 is 11.3 Å². The molecule has 9 heteroatoms. The number of thiazole rings is 1. The predicted molar refractivity (Wildman–Crippen MR) is 101 cm³/mol. The number of H-pyrrole nitrogens is 1. The Morgan fingerprint density at radius 3 is 2.86 bits per heavy atom. The molecule has 3 aromatic rings. The number of aromatic nitrogens is 2. The molecule has 0 aliphatic heterocycles. The molecule has 0 bridgehead atoms. The number of carbonyl (C=O) groups is 1. The normalized spacial score (nSPS) is 15.0. The molecule has 1 aromatic carbocycles. The van der Waals surface area contributed by atoms with E-state index in [0.717, 1.165) is 18.5 Å². The van der Waals surface area contributed by atoms with Gasteiger partial charge < -0.3 is 19.8 Å². The van der Waals surface area contributed by atoms with E-state index in [1.807, 2.05) is 12.3 Å². The number of benzene rings is 1. The number of carbonyl (C=O) groups excluding carboxylic acids is 1. The molecule has 1 aliphatic carbocycles. The Bertz CT molecular complexity index is 984. The maximum absolute atomic E-state index is 12.8. The predicted octanol–water partition coefficient (Wildman–Crippen LogP) is 4.22. The lowest BCUT2D eigenvalue weighted by molar-refractivity contribution is -0.125. The van der Waals surface area contributed by atoms with E-state index >= 15 is 0 Å². The summed E-state index contributed by atoms with van der Waals surface area (Å²) in [6, 6.07) is 4.92. The molecule has 4 rings (SSSR count). The van der Waals surface area contributed by atoms with Gasteiger partial charge in [0.25, 0.3) is 0 Å². The number of aromatic amines is 1. The summed E-state index contributed by atoms with van der Waals surface area (Å²) < 4.78 is 35.9. The molecular weight excluding hydrogens is 388 g/mol. The van der Waals surface area contributed by atoms with Gasteiger partial charge in [-0.1, -0.05) is 6.92 Å². The van der Waals surface area contributed by atoms with Crippen LogP contribution in [-0.2, 0) is 17.9 Å². The molecule has 2 heterocycles. The second kappa shape index (κ2) is 7.38. The Morgan fingerprint density at radius 1 is 1.36 bits per heavy atom. The molecule has 0 radical (unpaired) electrons. The summed E-state index contributed by atoms with van der Waals surface area (Å²) in [5, 5.41) is 5.42. The van der Waals surface area contributed by atoms with E-state index in [9.17, 15) is 13.6 Å². The van der Waals surface area contributed by atoms with E-state index in [-0.39, 0.29) is 29.4 Å². The fourth-order valence-electron chi connectivity index (χ4n) is 2.86. The van der Waals surface area contributed by atoms with Crippen LogP contribution in [0.1, 0.15) is 31.2 Å². The van der Waals surface area contributed by atoms with Crippen LogP contribution in [0.3, 0.4) is 0 Å². The molecule has 28 heavy (non-hydrogen) atoms. The number of fused-ring (bicyclic) bond motifs is 1. The molecule has 6 nitrogen and oxygen atoms in total. The lowest BCUT2D eigenvalue weighted by atomic mass is 10.1. The fourth-order valence-corrected chi connectivity index (χ4v) is 3.40. The summed E-state index contributed by atoms with van der Waals surface area (Å²) in [7, 11) is 0. The summed E-state index contributed by atoms with van der Waals surface area (Å²) in [6.45, 7) is -0.538. The van der Waals surface area contributed by atoms with Crippen LogP contribution in [-0.4, -0.2) is 22.5 Å². The number of alkyl halides is 2. The maximum atomic E-state index is 12.8. The fraction of sp³-hybridized carbons (Fsp3) is 0.368. The maximum Gasteiger partial charge on any atom is 0.387 e. The smallest absolute Gasteiger partial charge is 0.387 e. The second-order valence-corrected chi connectivity index (χ2v) is 7.79. The molecule has 0 saturated heterocycles. The molecule has 148 valence electrons. The Kier molecular flexibility index (Phi) is 4.92. The molecule has 1 saturated carbocycles. The number of halogens is 2. The zero-order valence-corrected chi connectivity index (χ0v) is 15.9. The van der Waals surface area contributed by atoms with Crippen molar-refractivity contribution in [3.8, 4) is 11.5 Å². The first-order valence-corrected chi connectivity index (χ1v) is 9.76. The van der Waals surface area contributed by atoms with Crippen molar-refractivity contribution >= 4 is 28.1 Å². The van der Waals surface area contributed by atoms with Gasteiger partial charge in [0.15, 0.2) is 11.5 Å². The standard InChI is InChI=1S/C19H19F2N3O3S/c1-19(2-3-19)17(25)22-7-12-4-11-5-16(27-18(20)21)15(6-14(11)24-12)26-8-13-9-28-10-23-13/h4-6,9-10,18,24H,2-3,7-8H2,1H3,(H,22,25). The summed E-state index contributed by atoms with van der Waals surface area (Å²) >= 11 is 1.43. The molecule has 1 amide bonds. The van der Waals surface area contributed by atoms with Crippen LogP contribution in [0, 0.1) is 5.41 Å². The Balaban J connectivity index is 1.53. The van der Waals surface area contributed by atoms with Crippen molar-refractivity contribution in [2.45, 2.75) is 39.5 Å². The number of hydrogen-bond acceptors (Lipinski definition) is 5. The molecular formula is C19H19F2N3O3S. The van der Waals surface area contributed by atoms with Crippen molar-refractivity contribution in [3.05, 3.63) is 40.5 Å². The largest absolute Gasteiger partial charge is 0.483 e. The van der Waals surface area contributed by atoms with Gasteiger partial charge in [-0.25, -0.2) is 4.98 Å². The average molecular weight is 407 g/mol. The van der Waals surface area contributed by atoms with Crippen LogP contribution in [0.15, 0.2) is 29.1 Å². The van der Waals surface area contributed by atoms with E-state index in [4.69, 9.17) is 4.74 Å². The minimum absolute atomic E-state index is 0.0279. The summed E-state index contributed by atoms with van der Waals surface area (Å²) in [4.78, 5) is 19.4.